The quantitative estimate of drug-likeness (QED) is 0.744. The van der Waals surface area contributed by atoms with Crippen molar-refractivity contribution in [2.24, 2.45) is 0 Å². The summed E-state index contributed by atoms with van der Waals surface area (Å²) in [4.78, 5) is 10.5. The summed E-state index contributed by atoms with van der Waals surface area (Å²) in [6.07, 6.45) is 2.34. The predicted octanol–water partition coefficient (Wildman–Crippen LogP) is 1.27. The topological polar surface area (TPSA) is 57.0 Å². The summed E-state index contributed by atoms with van der Waals surface area (Å²) in [6, 6.07) is 7.98. The highest BCUT2D eigenvalue weighted by Crippen LogP contribution is 2.34. The van der Waals surface area contributed by atoms with E-state index in [4.69, 9.17) is 4.74 Å². The summed E-state index contributed by atoms with van der Waals surface area (Å²) >= 11 is 0. The molecule has 0 bridgehead atoms. The zero-order valence-electron chi connectivity index (χ0n) is 9.11. The molecule has 1 aliphatic rings. The Hall–Kier alpha value is -2.17. The predicted molar refractivity (Wildman–Crippen MR) is 60.1 cm³/mol. The van der Waals surface area contributed by atoms with Gasteiger partial charge in [-0.3, -0.25) is 9.48 Å². The molecule has 0 amide bonds. The minimum atomic E-state index is 0.271. The maximum Gasteiger partial charge on any atom is 0.171 e. The number of hydrogen-bond donors (Lipinski definition) is 0. The van der Waals surface area contributed by atoms with Gasteiger partial charge in [-0.05, 0) is 6.07 Å². The summed E-state index contributed by atoms with van der Waals surface area (Å²) in [5.74, 6) is 1.21. The first-order chi connectivity index (χ1) is 8.36. The second-order valence-corrected chi connectivity index (χ2v) is 4.03. The van der Waals surface area contributed by atoms with E-state index in [0.717, 1.165) is 5.75 Å². The molecule has 17 heavy (non-hydrogen) atoms. The molecule has 5 heteroatoms. The maximum absolute atomic E-state index is 10.5. The van der Waals surface area contributed by atoms with Gasteiger partial charge >= 0.3 is 0 Å². The molecule has 2 heterocycles. The third kappa shape index (κ3) is 1.80. The lowest BCUT2D eigenvalue weighted by molar-refractivity contribution is 0.111. The van der Waals surface area contributed by atoms with Crippen LogP contribution < -0.4 is 4.74 Å². The molecular weight excluding hydrogens is 218 g/mol. The number of rotatable bonds is 3. The molecule has 2 aromatic rings. The Morgan fingerprint density at radius 1 is 1.47 bits per heavy atom. The van der Waals surface area contributed by atoms with E-state index in [1.54, 1.807) is 10.9 Å². The summed E-state index contributed by atoms with van der Waals surface area (Å²) in [5.41, 5.74) is 1.55. The van der Waals surface area contributed by atoms with E-state index in [1.807, 2.05) is 18.2 Å². The Morgan fingerprint density at radius 3 is 3.18 bits per heavy atom. The number of carbonyl (C=O) groups excluding carboxylic acids is 1. The van der Waals surface area contributed by atoms with Crippen molar-refractivity contribution >= 4 is 6.29 Å². The molecule has 1 unspecified atom stereocenters. The highest BCUT2D eigenvalue weighted by atomic mass is 16.5. The van der Waals surface area contributed by atoms with Gasteiger partial charge in [-0.25, -0.2) is 0 Å². The molecule has 0 N–H and O–H groups in total. The van der Waals surface area contributed by atoms with Gasteiger partial charge in [0.25, 0.3) is 0 Å². The second kappa shape index (κ2) is 4.01. The molecule has 0 radical (unpaired) electrons. The van der Waals surface area contributed by atoms with Crippen LogP contribution in [0.25, 0.3) is 0 Å². The van der Waals surface area contributed by atoms with Gasteiger partial charge in [-0.1, -0.05) is 23.4 Å². The third-order valence-corrected chi connectivity index (χ3v) is 2.88. The van der Waals surface area contributed by atoms with E-state index < -0.39 is 0 Å². The van der Waals surface area contributed by atoms with Crippen molar-refractivity contribution < 1.29 is 9.53 Å². The minimum Gasteiger partial charge on any atom is -0.493 e. The molecule has 1 aromatic carbocycles. The molecule has 86 valence electrons. The van der Waals surface area contributed by atoms with Crippen molar-refractivity contribution in [2.75, 3.05) is 6.61 Å². The van der Waals surface area contributed by atoms with Gasteiger partial charge < -0.3 is 4.74 Å². The number of fused-ring (bicyclic) bond motifs is 1. The molecule has 5 nitrogen and oxygen atoms in total. The fraction of sp³-hybridized carbons (Fsp3) is 0.250. The van der Waals surface area contributed by atoms with Crippen LogP contribution in [0.5, 0.6) is 5.75 Å². The fourth-order valence-corrected chi connectivity index (χ4v) is 2.06. The van der Waals surface area contributed by atoms with Crippen LogP contribution in [0.2, 0.25) is 0 Å². The van der Waals surface area contributed by atoms with Crippen molar-refractivity contribution in [3.63, 3.8) is 0 Å². The highest BCUT2D eigenvalue weighted by molar-refractivity contribution is 5.70. The lowest BCUT2D eigenvalue weighted by Crippen LogP contribution is -2.11. The van der Waals surface area contributed by atoms with Crippen molar-refractivity contribution in [1.82, 2.24) is 15.0 Å². The van der Waals surface area contributed by atoms with Crippen LogP contribution in [-0.4, -0.2) is 27.9 Å². The van der Waals surface area contributed by atoms with Gasteiger partial charge in [0.05, 0.1) is 19.3 Å². The van der Waals surface area contributed by atoms with Gasteiger partial charge in [-0.2, -0.15) is 0 Å². The normalized spacial score (nSPS) is 17.5. The summed E-state index contributed by atoms with van der Waals surface area (Å²) in [6.45, 7) is 1.33. The second-order valence-electron chi connectivity index (χ2n) is 4.03. The Bertz CT molecular complexity index is 550. The number of hydrogen-bond acceptors (Lipinski definition) is 4. The largest absolute Gasteiger partial charge is 0.493 e. The average molecular weight is 229 g/mol. The Balaban J connectivity index is 1.81. The first-order valence-electron chi connectivity index (χ1n) is 5.44. The van der Waals surface area contributed by atoms with Crippen LogP contribution in [0, 0.1) is 0 Å². The van der Waals surface area contributed by atoms with E-state index in [9.17, 15) is 4.79 Å². The summed E-state index contributed by atoms with van der Waals surface area (Å²) in [5, 5.41) is 7.64. The van der Waals surface area contributed by atoms with Gasteiger partial charge in [-0.15, -0.1) is 5.10 Å². The summed E-state index contributed by atoms with van der Waals surface area (Å²) < 4.78 is 7.27. The summed E-state index contributed by atoms with van der Waals surface area (Å²) in [7, 11) is 0. The third-order valence-electron chi connectivity index (χ3n) is 2.88. The van der Waals surface area contributed by atoms with E-state index in [0.29, 0.717) is 25.1 Å². The first-order valence-corrected chi connectivity index (χ1v) is 5.44. The first kappa shape index (κ1) is 10.0. The Morgan fingerprint density at radius 2 is 2.35 bits per heavy atom. The Labute approximate surface area is 98.0 Å². The van der Waals surface area contributed by atoms with Crippen LogP contribution in [0.1, 0.15) is 22.0 Å². The van der Waals surface area contributed by atoms with Crippen molar-refractivity contribution in [3.05, 3.63) is 41.7 Å². The molecule has 1 aliphatic heterocycles. The number of nitrogens with zero attached hydrogens (tertiary/aromatic N) is 3. The number of ether oxygens (including phenoxy) is 1. The highest BCUT2D eigenvalue weighted by Gasteiger charge is 2.24. The van der Waals surface area contributed by atoms with Crippen LogP contribution in [0.4, 0.5) is 0 Å². The molecule has 0 spiro atoms. The number of aldehydes is 1. The molecule has 0 saturated carbocycles. The zero-order valence-corrected chi connectivity index (χ0v) is 9.11. The number of carbonyl (C=O) groups is 1. The fourth-order valence-electron chi connectivity index (χ4n) is 2.06. The van der Waals surface area contributed by atoms with E-state index >= 15 is 0 Å². The molecule has 0 aliphatic carbocycles. The van der Waals surface area contributed by atoms with E-state index in [1.165, 1.54) is 5.56 Å². The zero-order chi connectivity index (χ0) is 11.7. The maximum atomic E-state index is 10.5. The minimum absolute atomic E-state index is 0.271. The van der Waals surface area contributed by atoms with Crippen molar-refractivity contribution in [2.45, 2.75) is 12.5 Å². The molecule has 0 fully saturated rings. The van der Waals surface area contributed by atoms with Crippen molar-refractivity contribution in [3.8, 4) is 5.75 Å². The molecule has 1 atom stereocenters. The molecule has 0 saturated heterocycles. The molecule has 3 rings (SSSR count). The van der Waals surface area contributed by atoms with Crippen LogP contribution in [0.15, 0.2) is 30.5 Å². The number of para-hydroxylation sites is 1. The standard InChI is InChI=1S/C12H11N3O2/c16-7-10-6-15(14-13-10)5-9-8-17-12-4-2-1-3-11(9)12/h1-4,6-7,9H,5,8H2. The van der Waals surface area contributed by atoms with E-state index in [2.05, 4.69) is 16.4 Å². The lowest BCUT2D eigenvalue weighted by atomic mass is 10.0. The lowest BCUT2D eigenvalue weighted by Gasteiger charge is -2.07. The van der Waals surface area contributed by atoms with Crippen molar-refractivity contribution in [1.29, 1.82) is 0 Å². The smallest absolute Gasteiger partial charge is 0.171 e. The molecule has 1 aromatic heterocycles. The Kier molecular flexibility index (Phi) is 2.36. The van der Waals surface area contributed by atoms with Gasteiger partial charge in [0.15, 0.2) is 6.29 Å². The van der Waals surface area contributed by atoms with Crippen LogP contribution in [-0.2, 0) is 6.54 Å². The van der Waals surface area contributed by atoms with Crippen LogP contribution in [0.3, 0.4) is 0 Å². The molecular formula is C12H11N3O2. The number of benzene rings is 1. The SMILES string of the molecule is O=Cc1cn(CC2COc3ccccc32)nn1. The van der Waals surface area contributed by atoms with Gasteiger partial charge in [0.2, 0.25) is 0 Å². The monoisotopic (exact) mass is 229 g/mol. The van der Waals surface area contributed by atoms with E-state index in [-0.39, 0.29) is 5.92 Å². The van der Waals surface area contributed by atoms with Gasteiger partial charge in [0.1, 0.15) is 11.4 Å². The van der Waals surface area contributed by atoms with Gasteiger partial charge in [0, 0.05) is 11.5 Å². The number of aromatic nitrogens is 3. The average Bonchev–Trinajstić information content (AvgIpc) is 2.97. The van der Waals surface area contributed by atoms with Crippen LogP contribution >= 0.6 is 0 Å².